The van der Waals surface area contributed by atoms with Gasteiger partial charge in [-0.2, -0.15) is 0 Å². The summed E-state index contributed by atoms with van der Waals surface area (Å²) < 4.78 is 4.91. The molecule has 29 heavy (non-hydrogen) atoms. The molecular formula is C27H48O2. The Kier molecular flexibility index (Phi) is 15.7. The molecule has 0 bridgehead atoms. The van der Waals surface area contributed by atoms with Gasteiger partial charge in [0.1, 0.15) is 5.75 Å². The van der Waals surface area contributed by atoms with Gasteiger partial charge in [-0.3, -0.25) is 4.79 Å². The molecule has 2 aliphatic rings. The van der Waals surface area contributed by atoms with Crippen LogP contribution in [0.4, 0.5) is 0 Å². The molecule has 0 saturated heterocycles. The molecule has 0 aromatic heterocycles. The highest BCUT2D eigenvalue weighted by molar-refractivity contribution is 5.69. The lowest BCUT2D eigenvalue weighted by molar-refractivity contribution is -0.131. The van der Waals surface area contributed by atoms with Crippen molar-refractivity contribution in [3.8, 4) is 5.75 Å². The molecule has 2 fully saturated rings. The first-order valence-corrected chi connectivity index (χ1v) is 12.2. The zero-order valence-corrected chi connectivity index (χ0v) is 20.6. The SMILES string of the molecule is CC.CC.CC(=O)Oc1ccc(C)c(C)c1.CC1CCC(C2CCCCC2)CC1. The van der Waals surface area contributed by atoms with E-state index in [-0.39, 0.29) is 5.97 Å². The number of esters is 1. The van der Waals surface area contributed by atoms with Crippen molar-refractivity contribution >= 4 is 5.97 Å². The molecule has 2 aliphatic carbocycles. The summed E-state index contributed by atoms with van der Waals surface area (Å²) in [4.78, 5) is 10.6. The van der Waals surface area contributed by atoms with Crippen LogP contribution >= 0.6 is 0 Å². The van der Waals surface area contributed by atoms with Crippen molar-refractivity contribution in [1.82, 2.24) is 0 Å². The second-order valence-electron chi connectivity index (χ2n) is 8.26. The number of hydrogen-bond acceptors (Lipinski definition) is 2. The van der Waals surface area contributed by atoms with E-state index in [1.54, 1.807) is 31.7 Å². The van der Waals surface area contributed by atoms with Gasteiger partial charge in [0.15, 0.2) is 0 Å². The third kappa shape index (κ3) is 11.5. The van der Waals surface area contributed by atoms with Crippen molar-refractivity contribution in [3.05, 3.63) is 29.3 Å². The van der Waals surface area contributed by atoms with Crippen molar-refractivity contribution in [2.75, 3.05) is 0 Å². The van der Waals surface area contributed by atoms with Crippen LogP contribution in [0.5, 0.6) is 5.75 Å². The Morgan fingerprint density at radius 2 is 1.31 bits per heavy atom. The topological polar surface area (TPSA) is 26.3 Å². The molecule has 0 aliphatic heterocycles. The van der Waals surface area contributed by atoms with Crippen LogP contribution in [0.2, 0.25) is 0 Å². The van der Waals surface area contributed by atoms with Crippen LogP contribution in [0, 0.1) is 31.6 Å². The molecular weight excluding hydrogens is 356 g/mol. The quantitative estimate of drug-likeness (QED) is 0.364. The Bertz CT molecular complexity index is 535. The lowest BCUT2D eigenvalue weighted by Gasteiger charge is -2.34. The average Bonchev–Trinajstić information content (AvgIpc) is 2.75. The Morgan fingerprint density at radius 3 is 1.79 bits per heavy atom. The zero-order valence-electron chi connectivity index (χ0n) is 20.6. The minimum atomic E-state index is -0.279. The van der Waals surface area contributed by atoms with Gasteiger partial charge in [-0.15, -0.1) is 0 Å². The number of benzene rings is 1. The van der Waals surface area contributed by atoms with Gasteiger partial charge in [0.05, 0.1) is 0 Å². The number of rotatable bonds is 2. The number of aryl methyl sites for hydroxylation is 2. The highest BCUT2D eigenvalue weighted by atomic mass is 16.5. The summed E-state index contributed by atoms with van der Waals surface area (Å²) in [5, 5.41) is 0. The van der Waals surface area contributed by atoms with Crippen molar-refractivity contribution in [1.29, 1.82) is 0 Å². The van der Waals surface area contributed by atoms with Gasteiger partial charge in [0.2, 0.25) is 0 Å². The van der Waals surface area contributed by atoms with E-state index in [4.69, 9.17) is 4.74 Å². The maximum Gasteiger partial charge on any atom is 0.308 e. The highest BCUT2D eigenvalue weighted by Crippen LogP contribution is 2.39. The largest absolute Gasteiger partial charge is 0.427 e. The first-order chi connectivity index (χ1) is 14.0. The molecule has 3 rings (SSSR count). The molecule has 168 valence electrons. The van der Waals surface area contributed by atoms with Gasteiger partial charge in [-0.25, -0.2) is 0 Å². The number of ether oxygens (including phenoxy) is 1. The summed E-state index contributed by atoms with van der Waals surface area (Å²) in [6, 6.07) is 5.59. The Labute approximate surface area is 181 Å². The normalized spacial score (nSPS) is 21.2. The van der Waals surface area contributed by atoms with E-state index in [0.717, 1.165) is 23.3 Å². The van der Waals surface area contributed by atoms with Crippen LogP contribution in [0.25, 0.3) is 0 Å². The maximum atomic E-state index is 10.6. The minimum absolute atomic E-state index is 0.279. The van der Waals surface area contributed by atoms with E-state index in [0.29, 0.717) is 5.75 Å². The summed E-state index contributed by atoms with van der Waals surface area (Å²) in [5.74, 6) is 3.61. The molecule has 0 N–H and O–H groups in total. The van der Waals surface area contributed by atoms with Crippen LogP contribution in [0.1, 0.15) is 110 Å². The van der Waals surface area contributed by atoms with Crippen LogP contribution in [0.3, 0.4) is 0 Å². The first-order valence-electron chi connectivity index (χ1n) is 12.2. The molecule has 0 spiro atoms. The van der Waals surface area contributed by atoms with Gasteiger partial charge < -0.3 is 4.74 Å². The van der Waals surface area contributed by atoms with E-state index in [2.05, 4.69) is 6.92 Å². The molecule has 2 nitrogen and oxygen atoms in total. The molecule has 0 amide bonds. The summed E-state index contributed by atoms with van der Waals surface area (Å²) in [7, 11) is 0. The van der Waals surface area contributed by atoms with Gasteiger partial charge in [-0.05, 0) is 67.7 Å². The third-order valence-corrected chi connectivity index (χ3v) is 6.12. The van der Waals surface area contributed by atoms with Gasteiger partial charge in [0.25, 0.3) is 0 Å². The fourth-order valence-electron chi connectivity index (χ4n) is 4.31. The van der Waals surface area contributed by atoms with E-state index >= 15 is 0 Å². The van der Waals surface area contributed by atoms with Crippen LogP contribution in [-0.4, -0.2) is 5.97 Å². The predicted molar refractivity (Wildman–Crippen MR) is 128 cm³/mol. The second-order valence-corrected chi connectivity index (χ2v) is 8.26. The van der Waals surface area contributed by atoms with Gasteiger partial charge in [-0.1, -0.05) is 85.6 Å². The molecule has 2 saturated carbocycles. The van der Waals surface area contributed by atoms with Crippen molar-refractivity contribution < 1.29 is 9.53 Å². The lowest BCUT2D eigenvalue weighted by atomic mass is 9.71. The van der Waals surface area contributed by atoms with Crippen molar-refractivity contribution in [2.45, 2.75) is 113 Å². The first kappa shape index (κ1) is 27.7. The molecule has 1 aromatic rings. The smallest absolute Gasteiger partial charge is 0.308 e. The minimum Gasteiger partial charge on any atom is -0.427 e. The van der Waals surface area contributed by atoms with E-state index < -0.39 is 0 Å². The third-order valence-electron chi connectivity index (χ3n) is 6.12. The second kappa shape index (κ2) is 16.5. The van der Waals surface area contributed by atoms with Gasteiger partial charge in [0, 0.05) is 6.92 Å². The Morgan fingerprint density at radius 1 is 0.793 bits per heavy atom. The summed E-state index contributed by atoms with van der Waals surface area (Å²) in [6.07, 6.45) is 13.8. The van der Waals surface area contributed by atoms with Crippen LogP contribution in [0.15, 0.2) is 18.2 Å². The number of hydrogen-bond donors (Lipinski definition) is 0. The zero-order chi connectivity index (χ0) is 22.2. The van der Waals surface area contributed by atoms with Crippen molar-refractivity contribution in [3.63, 3.8) is 0 Å². The molecule has 0 heterocycles. The summed E-state index contributed by atoms with van der Waals surface area (Å²) in [5.41, 5.74) is 2.33. The predicted octanol–water partition coefficient (Wildman–Crippen LogP) is 8.67. The average molecular weight is 405 g/mol. The molecule has 0 atom stereocenters. The van der Waals surface area contributed by atoms with Crippen LogP contribution < -0.4 is 4.74 Å². The fraction of sp³-hybridized carbons (Fsp3) is 0.741. The Balaban J connectivity index is 0.000000463. The molecule has 0 radical (unpaired) electrons. The maximum absolute atomic E-state index is 10.6. The molecule has 0 unspecified atom stereocenters. The summed E-state index contributed by atoms with van der Waals surface area (Å²) >= 11 is 0. The standard InChI is InChI=1S/C13H24.C10H12O2.2C2H6/c1-11-7-9-13(10-8-11)12-5-3-2-4-6-12;1-7-4-5-10(6-8(7)2)12-9(3)11;2*1-2/h11-13H,2-10H2,1H3;4-6H,1-3H3;2*1-2H3. The highest BCUT2D eigenvalue weighted by Gasteiger charge is 2.26. The number of carbonyl (C=O) groups excluding carboxylic acids is 1. The number of carbonyl (C=O) groups is 1. The summed E-state index contributed by atoms with van der Waals surface area (Å²) in [6.45, 7) is 15.8. The van der Waals surface area contributed by atoms with E-state index in [1.165, 1.54) is 44.6 Å². The lowest BCUT2D eigenvalue weighted by Crippen LogP contribution is -2.22. The van der Waals surface area contributed by atoms with Crippen molar-refractivity contribution in [2.24, 2.45) is 17.8 Å². The monoisotopic (exact) mass is 404 g/mol. The van der Waals surface area contributed by atoms with Gasteiger partial charge >= 0.3 is 5.97 Å². The van der Waals surface area contributed by atoms with Crippen LogP contribution in [-0.2, 0) is 4.79 Å². The van der Waals surface area contributed by atoms with E-state index in [9.17, 15) is 4.79 Å². The molecule has 1 aromatic carbocycles. The Hall–Kier alpha value is -1.31. The molecule has 2 heteroatoms. The fourth-order valence-corrected chi connectivity index (χ4v) is 4.31. The van der Waals surface area contributed by atoms with E-state index in [1.807, 2.05) is 53.7 Å².